The molecule has 0 aliphatic carbocycles. The summed E-state index contributed by atoms with van der Waals surface area (Å²) in [7, 11) is 0. The molecule has 0 saturated carbocycles. The van der Waals surface area contributed by atoms with Crippen molar-refractivity contribution >= 4 is 22.5 Å². The van der Waals surface area contributed by atoms with Crippen LogP contribution in [0.2, 0.25) is 5.02 Å². The molecule has 0 saturated heterocycles. The van der Waals surface area contributed by atoms with Gasteiger partial charge in [-0.05, 0) is 47.5 Å². The molecule has 4 aromatic carbocycles. The van der Waals surface area contributed by atoms with E-state index in [1.807, 2.05) is 42.5 Å². The molecule has 0 unspecified atom stereocenters. The van der Waals surface area contributed by atoms with E-state index < -0.39 is 25.4 Å². The first-order chi connectivity index (χ1) is 23.0. The van der Waals surface area contributed by atoms with Crippen LogP contribution in [-0.2, 0) is 13.2 Å². The van der Waals surface area contributed by atoms with Gasteiger partial charge in [-0.1, -0.05) is 41.9 Å². The molecule has 2 heterocycles. The Bertz CT molecular complexity index is 1940. The summed E-state index contributed by atoms with van der Waals surface area (Å²) >= 11 is 6.74. The second-order valence-corrected chi connectivity index (χ2v) is 11.3. The van der Waals surface area contributed by atoms with Gasteiger partial charge in [0.2, 0.25) is 5.88 Å². The average molecular weight is 655 g/mol. The normalized spacial score (nSPS) is 12.5. The minimum atomic E-state index is -1.32. The zero-order valence-electron chi connectivity index (χ0n) is 25.1. The summed E-state index contributed by atoms with van der Waals surface area (Å²) < 4.78 is 24.0. The van der Waals surface area contributed by atoms with Crippen LogP contribution >= 0.6 is 11.6 Å². The van der Waals surface area contributed by atoms with Crippen LogP contribution in [0.1, 0.15) is 16.7 Å². The number of ether oxygens (including phenoxy) is 4. The molecule has 5 aromatic rings. The number of benzene rings is 4. The highest BCUT2D eigenvalue weighted by Crippen LogP contribution is 2.40. The topological polar surface area (TPSA) is 159 Å². The van der Waals surface area contributed by atoms with Crippen molar-refractivity contribution in [1.82, 2.24) is 15.3 Å². The number of aliphatic hydroxyl groups excluding tert-OH is 3. The lowest BCUT2D eigenvalue weighted by molar-refractivity contribution is 0.0412. The van der Waals surface area contributed by atoms with Crippen molar-refractivity contribution in [2.24, 2.45) is 0 Å². The molecule has 0 amide bonds. The van der Waals surface area contributed by atoms with Gasteiger partial charge in [0.1, 0.15) is 31.9 Å². The maximum absolute atomic E-state index is 9.81. The molecule has 0 fully saturated rings. The van der Waals surface area contributed by atoms with Gasteiger partial charge in [0.15, 0.2) is 17.2 Å². The molecule has 0 radical (unpaired) electrons. The number of aliphatic hydroxyl groups is 3. The van der Waals surface area contributed by atoms with E-state index >= 15 is 0 Å². The Morgan fingerprint density at radius 3 is 2.47 bits per heavy atom. The van der Waals surface area contributed by atoms with E-state index in [1.165, 1.54) is 6.33 Å². The molecule has 240 valence electrons. The molecular formula is C35H31ClN4O7. The van der Waals surface area contributed by atoms with E-state index in [-0.39, 0.29) is 29.8 Å². The second kappa shape index (κ2) is 14.2. The molecule has 1 aliphatic heterocycles. The molecule has 11 nitrogen and oxygen atoms in total. The third-order valence-electron chi connectivity index (χ3n) is 7.82. The molecular weight excluding hydrogens is 624 g/mol. The molecule has 47 heavy (non-hydrogen) atoms. The molecule has 6 rings (SSSR count). The smallest absolute Gasteiger partial charge is 0.230 e. The number of halogens is 1. The van der Waals surface area contributed by atoms with E-state index in [4.69, 9.17) is 30.5 Å². The fourth-order valence-corrected chi connectivity index (χ4v) is 5.34. The molecule has 12 heteroatoms. The van der Waals surface area contributed by atoms with Crippen LogP contribution in [-0.4, -0.2) is 63.9 Å². The Morgan fingerprint density at radius 1 is 0.894 bits per heavy atom. The second-order valence-electron chi connectivity index (χ2n) is 10.9. The van der Waals surface area contributed by atoms with Gasteiger partial charge in [-0.2, -0.15) is 5.26 Å². The summed E-state index contributed by atoms with van der Waals surface area (Å²) in [6, 6.07) is 23.9. The van der Waals surface area contributed by atoms with E-state index in [2.05, 4.69) is 21.4 Å². The van der Waals surface area contributed by atoms with Crippen molar-refractivity contribution in [3.05, 3.63) is 101 Å². The zero-order chi connectivity index (χ0) is 32.8. The minimum absolute atomic E-state index is 0.0879. The Hall–Kier alpha value is -4.96. The van der Waals surface area contributed by atoms with Crippen LogP contribution in [0.15, 0.2) is 79.1 Å². The lowest BCUT2D eigenvalue weighted by atomic mass is 10.0. The number of nitrogens with one attached hydrogen (secondary N) is 1. The van der Waals surface area contributed by atoms with Crippen LogP contribution in [0, 0.1) is 11.3 Å². The summed E-state index contributed by atoms with van der Waals surface area (Å²) in [5, 5.41) is 42.6. The fourth-order valence-electron chi connectivity index (χ4n) is 5.11. The van der Waals surface area contributed by atoms with E-state index in [0.29, 0.717) is 52.5 Å². The van der Waals surface area contributed by atoms with E-state index in [0.717, 1.165) is 16.7 Å². The highest BCUT2D eigenvalue weighted by Gasteiger charge is 2.28. The maximum Gasteiger partial charge on any atom is 0.230 e. The average Bonchev–Trinajstić information content (AvgIpc) is 3.12. The Kier molecular flexibility index (Phi) is 9.68. The minimum Gasteiger partial charge on any atom is -0.488 e. The van der Waals surface area contributed by atoms with Gasteiger partial charge in [0, 0.05) is 23.7 Å². The first-order valence-electron chi connectivity index (χ1n) is 14.8. The van der Waals surface area contributed by atoms with Gasteiger partial charge in [-0.15, -0.1) is 0 Å². The van der Waals surface area contributed by atoms with Crippen molar-refractivity contribution < 1.29 is 34.3 Å². The summed E-state index contributed by atoms with van der Waals surface area (Å²) in [6.45, 7) is -0.298. The molecule has 1 aliphatic rings. The Morgan fingerprint density at radius 2 is 1.68 bits per heavy atom. The van der Waals surface area contributed by atoms with Gasteiger partial charge in [-0.25, -0.2) is 9.97 Å². The van der Waals surface area contributed by atoms with Gasteiger partial charge in [0.25, 0.3) is 0 Å². The Labute approximate surface area is 275 Å². The van der Waals surface area contributed by atoms with Crippen molar-refractivity contribution in [2.75, 3.05) is 33.0 Å². The lowest BCUT2D eigenvalue weighted by Gasteiger charge is -2.29. The third kappa shape index (κ3) is 6.92. The van der Waals surface area contributed by atoms with Crippen LogP contribution in [0.25, 0.3) is 22.0 Å². The molecule has 4 N–H and O–H groups in total. The number of aromatic nitrogens is 2. The van der Waals surface area contributed by atoms with Gasteiger partial charge >= 0.3 is 0 Å². The number of rotatable bonds is 12. The van der Waals surface area contributed by atoms with Crippen molar-refractivity contribution in [1.29, 1.82) is 5.26 Å². The highest BCUT2D eigenvalue weighted by molar-refractivity contribution is 6.32. The van der Waals surface area contributed by atoms with E-state index in [9.17, 15) is 20.6 Å². The van der Waals surface area contributed by atoms with Crippen LogP contribution in [0.3, 0.4) is 0 Å². The van der Waals surface area contributed by atoms with Gasteiger partial charge < -0.3 is 39.6 Å². The van der Waals surface area contributed by atoms with Crippen molar-refractivity contribution in [3.63, 3.8) is 0 Å². The lowest BCUT2D eigenvalue weighted by Crippen LogP contribution is -2.54. The fraction of sp³-hybridized carbons (Fsp3) is 0.229. The largest absolute Gasteiger partial charge is 0.488 e. The third-order valence-corrected chi connectivity index (χ3v) is 8.11. The van der Waals surface area contributed by atoms with Crippen LogP contribution in [0.5, 0.6) is 28.9 Å². The highest BCUT2D eigenvalue weighted by atomic mass is 35.5. The quantitative estimate of drug-likeness (QED) is 0.147. The molecule has 0 atom stereocenters. The van der Waals surface area contributed by atoms with Crippen LogP contribution < -0.4 is 24.3 Å². The monoisotopic (exact) mass is 654 g/mol. The summed E-state index contributed by atoms with van der Waals surface area (Å²) in [5.41, 5.74) is 2.92. The first kappa shape index (κ1) is 32.0. The number of hydrogen-bond donors (Lipinski definition) is 4. The number of hydrogen-bond acceptors (Lipinski definition) is 11. The Balaban J connectivity index is 1.34. The molecule has 0 spiro atoms. The van der Waals surface area contributed by atoms with Crippen molar-refractivity contribution in [2.45, 2.75) is 18.7 Å². The molecule has 1 aromatic heterocycles. The number of para-hydroxylation sites is 1. The van der Waals surface area contributed by atoms with E-state index in [1.54, 1.807) is 30.3 Å². The number of nitrogens with zero attached hydrogens (tertiary/aromatic N) is 3. The van der Waals surface area contributed by atoms with Crippen LogP contribution in [0.4, 0.5) is 0 Å². The standard InChI is InChI=1S/C35H31ClN4O7/c36-28-12-25(16-40-35(18-41,19-42)20-43)30(46-17-23-4-1-3-22(11-23)15-37)14-31(28)47-34-27-6-2-5-26(33(27)38-21-39-34)24-7-8-29-32(13-24)45-10-9-44-29/h1-8,11-14,21,40-43H,9-10,16-20H2. The summed E-state index contributed by atoms with van der Waals surface area (Å²) in [4.78, 5) is 8.97. The zero-order valence-corrected chi connectivity index (χ0v) is 25.9. The predicted molar refractivity (Wildman–Crippen MR) is 174 cm³/mol. The SMILES string of the molecule is N#Cc1cccc(COc2cc(Oc3ncnc4c(-c5ccc6c(c5)OCCO6)cccc34)c(Cl)cc2CNC(CO)(CO)CO)c1. The predicted octanol–water partition coefficient (Wildman–Crippen LogP) is 4.77. The summed E-state index contributed by atoms with van der Waals surface area (Å²) in [6.07, 6.45) is 1.42. The maximum atomic E-state index is 9.81. The number of nitriles is 1. The number of fused-ring (bicyclic) bond motifs is 2. The molecule has 0 bridgehead atoms. The first-order valence-corrected chi connectivity index (χ1v) is 15.2. The summed E-state index contributed by atoms with van der Waals surface area (Å²) in [5.74, 6) is 2.28. The van der Waals surface area contributed by atoms with Crippen molar-refractivity contribution in [3.8, 4) is 46.1 Å². The van der Waals surface area contributed by atoms with Gasteiger partial charge in [-0.3, -0.25) is 0 Å². The van der Waals surface area contributed by atoms with Gasteiger partial charge in [0.05, 0.1) is 52.9 Å².